The summed E-state index contributed by atoms with van der Waals surface area (Å²) in [7, 11) is 0. The fourth-order valence-corrected chi connectivity index (χ4v) is 7.28. The number of imidazole rings is 1. The van der Waals surface area contributed by atoms with Gasteiger partial charge in [0.05, 0.1) is 32.2 Å². The smallest absolute Gasteiger partial charge is 0.305 e. The van der Waals surface area contributed by atoms with Gasteiger partial charge >= 0.3 is 11.9 Å². The molecule has 2 N–H and O–H groups in total. The van der Waals surface area contributed by atoms with Gasteiger partial charge in [-0.3, -0.25) is 14.9 Å². The molecule has 0 amide bonds. The minimum absolute atomic E-state index is 0.00608. The molecule has 0 saturated carbocycles. The van der Waals surface area contributed by atoms with Crippen LogP contribution in [0, 0.1) is 18.8 Å². The highest BCUT2D eigenvalue weighted by Crippen LogP contribution is 2.36. The molecule has 0 aliphatic heterocycles. The molecule has 0 bridgehead atoms. The number of nitrogens with one attached hydrogen (secondary N) is 1. The molecule has 1 heterocycles. The van der Waals surface area contributed by atoms with Gasteiger partial charge in [-0.05, 0) is 64.2 Å². The van der Waals surface area contributed by atoms with E-state index in [2.05, 4.69) is 53.9 Å². The largest absolute Gasteiger partial charge is 0.465 e. The minimum atomic E-state index is -1.21. The predicted molar refractivity (Wildman–Crippen MR) is 246 cm³/mol. The summed E-state index contributed by atoms with van der Waals surface area (Å²) in [6.07, 6.45) is 36.3. The first-order chi connectivity index (χ1) is 29.9. The van der Waals surface area contributed by atoms with E-state index in [1.807, 2.05) is 13.1 Å². The topological polar surface area (TPSA) is 130 Å². The number of ether oxygens (including phenoxy) is 5. The number of carbonyl (C=O) groups excluding carboxylic acids is 2. The lowest BCUT2D eigenvalue weighted by Crippen LogP contribution is -2.36. The van der Waals surface area contributed by atoms with Crippen LogP contribution in [-0.4, -0.2) is 78.9 Å². The maximum atomic E-state index is 13.0. The van der Waals surface area contributed by atoms with Gasteiger partial charge in [-0.25, -0.2) is 4.98 Å². The number of aliphatic hydroxyl groups excluding tert-OH is 1. The zero-order valence-corrected chi connectivity index (χ0v) is 39.2. The first-order valence-corrected chi connectivity index (χ1v) is 24.8. The summed E-state index contributed by atoms with van der Waals surface area (Å²) in [6, 6.07) is 0. The van der Waals surface area contributed by atoms with E-state index in [0.29, 0.717) is 32.6 Å². The van der Waals surface area contributed by atoms with Gasteiger partial charge in [-0.1, -0.05) is 141 Å². The van der Waals surface area contributed by atoms with E-state index in [1.165, 1.54) is 77.0 Å². The Morgan fingerprint density at radius 1 is 0.738 bits per heavy atom. The summed E-state index contributed by atoms with van der Waals surface area (Å²) in [5, 5.41) is 13.5. The Morgan fingerprint density at radius 3 is 1.98 bits per heavy atom. The van der Waals surface area contributed by atoms with Gasteiger partial charge < -0.3 is 33.4 Å². The van der Waals surface area contributed by atoms with Crippen LogP contribution in [0.15, 0.2) is 36.2 Å². The summed E-state index contributed by atoms with van der Waals surface area (Å²) in [4.78, 5) is 30.0. The number of nitrogens with zero attached hydrogens (tertiary/aromatic N) is 2. The highest BCUT2D eigenvalue weighted by Gasteiger charge is 2.22. The summed E-state index contributed by atoms with van der Waals surface area (Å²) in [5.41, 5.74) is 1.61. The summed E-state index contributed by atoms with van der Waals surface area (Å²) < 4.78 is 31.3. The van der Waals surface area contributed by atoms with E-state index in [9.17, 15) is 14.7 Å². The number of hydrogen-bond acceptors (Lipinski definition) is 10. The first-order valence-electron chi connectivity index (χ1n) is 24.8. The van der Waals surface area contributed by atoms with Crippen LogP contribution in [-0.2, 0) is 39.8 Å². The molecule has 61 heavy (non-hydrogen) atoms. The normalized spacial score (nSPS) is 14.8. The Hall–Kier alpha value is -2.57. The van der Waals surface area contributed by atoms with Crippen molar-refractivity contribution < 1.29 is 38.4 Å². The van der Waals surface area contributed by atoms with E-state index < -0.39 is 18.6 Å². The molecule has 11 nitrogen and oxygen atoms in total. The van der Waals surface area contributed by atoms with Crippen molar-refractivity contribution in [2.45, 2.75) is 214 Å². The zero-order chi connectivity index (χ0) is 44.0. The van der Waals surface area contributed by atoms with E-state index in [4.69, 9.17) is 23.7 Å². The van der Waals surface area contributed by atoms with E-state index in [1.54, 1.807) is 11.8 Å². The van der Waals surface area contributed by atoms with Gasteiger partial charge in [0.1, 0.15) is 5.82 Å². The van der Waals surface area contributed by atoms with Crippen LogP contribution in [0.5, 0.6) is 0 Å². The van der Waals surface area contributed by atoms with Crippen molar-refractivity contribution in [2.24, 2.45) is 11.8 Å². The molecule has 1 aromatic heterocycles. The lowest BCUT2D eigenvalue weighted by atomic mass is 10.1. The number of aromatic nitrogens is 2. The number of aliphatic hydroxyl groups is 1. The fourth-order valence-electron chi connectivity index (χ4n) is 7.28. The van der Waals surface area contributed by atoms with Crippen molar-refractivity contribution in [1.29, 1.82) is 0 Å². The van der Waals surface area contributed by atoms with Crippen LogP contribution >= 0.6 is 0 Å². The summed E-state index contributed by atoms with van der Waals surface area (Å²) in [6.45, 7) is 11.3. The van der Waals surface area contributed by atoms with Crippen molar-refractivity contribution in [2.75, 3.05) is 39.6 Å². The van der Waals surface area contributed by atoms with Crippen LogP contribution in [0.3, 0.4) is 0 Å². The molecule has 3 unspecified atom stereocenters. The van der Waals surface area contributed by atoms with Crippen LogP contribution in [0.4, 0.5) is 0 Å². The molecule has 1 aliphatic rings. The van der Waals surface area contributed by atoms with Gasteiger partial charge in [-0.2, -0.15) is 0 Å². The predicted octanol–water partition coefficient (Wildman–Crippen LogP) is 11.5. The average molecular weight is 860 g/mol. The van der Waals surface area contributed by atoms with Gasteiger partial charge in [-0.15, -0.1) is 0 Å². The van der Waals surface area contributed by atoms with Crippen LogP contribution in [0.2, 0.25) is 0 Å². The van der Waals surface area contributed by atoms with Gasteiger partial charge in [0.15, 0.2) is 6.29 Å². The van der Waals surface area contributed by atoms with Crippen LogP contribution in [0.1, 0.15) is 194 Å². The molecule has 0 radical (unpaired) electrons. The third kappa shape index (κ3) is 31.0. The number of unbranched alkanes of at least 4 members (excludes halogenated alkanes) is 16. The third-order valence-corrected chi connectivity index (χ3v) is 11.4. The molecule has 352 valence electrons. The molecule has 11 heteroatoms. The number of allylic oxidation sites excluding steroid dienone is 4. The molecule has 0 saturated heterocycles. The highest BCUT2D eigenvalue weighted by molar-refractivity contribution is 5.69. The van der Waals surface area contributed by atoms with Crippen molar-refractivity contribution >= 4 is 11.9 Å². The maximum Gasteiger partial charge on any atom is 0.305 e. The van der Waals surface area contributed by atoms with E-state index in [0.717, 1.165) is 88.9 Å². The Bertz CT molecular complexity index is 1250. The second-order valence-corrected chi connectivity index (χ2v) is 17.1. The van der Waals surface area contributed by atoms with Gasteiger partial charge in [0, 0.05) is 51.5 Å². The lowest BCUT2D eigenvalue weighted by molar-refractivity contribution is -0.165. The molecule has 0 aromatic carbocycles. The zero-order valence-electron chi connectivity index (χ0n) is 39.2. The molecule has 1 aliphatic carbocycles. The Morgan fingerprint density at radius 2 is 1.34 bits per heavy atom. The van der Waals surface area contributed by atoms with E-state index in [-0.39, 0.29) is 38.2 Å². The fraction of sp³-hybridized carbons (Fsp3) is 0.820. The van der Waals surface area contributed by atoms with Crippen LogP contribution < -0.4 is 5.32 Å². The quantitative estimate of drug-likeness (QED) is 0.0283. The Kier molecular flexibility index (Phi) is 33.9. The SMILES string of the molecule is CCCCCCCCOC(CCC(=O)OCC(COC(=O)CCCCCCC/C=C\CC1=CC1CCCC)COC(O)NCCCn1ccnc1C)OCCCCCCCC. The lowest BCUT2D eigenvalue weighted by Gasteiger charge is -2.21. The number of aryl methyl sites for hydroxylation is 2. The number of rotatable bonds is 44. The molecular weight excluding hydrogens is 771 g/mol. The van der Waals surface area contributed by atoms with E-state index >= 15 is 0 Å². The van der Waals surface area contributed by atoms with Crippen molar-refractivity contribution in [3.63, 3.8) is 0 Å². The van der Waals surface area contributed by atoms with Crippen molar-refractivity contribution in [3.8, 4) is 0 Å². The second kappa shape index (κ2) is 37.9. The second-order valence-electron chi connectivity index (χ2n) is 17.1. The molecule has 0 spiro atoms. The standard InChI is InChI=1S/C50H89N3O8/c1-5-8-11-13-21-25-37-57-49(58-38-26-22-14-12-9-6-2)32-31-48(55)60-41-44(42-61-50(56)52-33-27-35-53-36-34-51-43(53)4)40-59-47(54)30-24-20-18-16-15-17-19-23-29-46-39-45(46)28-10-7-3/h19,23,34,36,39,44-45,49-50,52,56H,5-18,20-22,24-33,35,37-38,40-42H2,1-4H3/b23-19-. The molecular formula is C50H89N3O8. The Balaban J connectivity index is 1.74. The van der Waals surface area contributed by atoms with Crippen molar-refractivity contribution in [3.05, 3.63) is 42.0 Å². The summed E-state index contributed by atoms with van der Waals surface area (Å²) in [5.74, 6) is 0.640. The van der Waals surface area contributed by atoms with Gasteiger partial charge in [0.2, 0.25) is 6.41 Å². The minimum Gasteiger partial charge on any atom is -0.465 e. The number of esters is 2. The highest BCUT2D eigenvalue weighted by atomic mass is 16.7. The third-order valence-electron chi connectivity index (χ3n) is 11.4. The average Bonchev–Trinajstić information content (AvgIpc) is 3.89. The monoisotopic (exact) mass is 860 g/mol. The summed E-state index contributed by atoms with van der Waals surface area (Å²) >= 11 is 0. The number of hydrogen-bond donors (Lipinski definition) is 2. The first kappa shape index (κ1) is 54.6. The Labute approximate surface area is 371 Å². The number of carbonyl (C=O) groups is 2. The molecule has 0 fully saturated rings. The maximum absolute atomic E-state index is 13.0. The molecule has 1 aromatic rings. The van der Waals surface area contributed by atoms with Gasteiger partial charge in [0.25, 0.3) is 0 Å². The molecule has 2 rings (SSSR count). The molecule has 3 atom stereocenters. The van der Waals surface area contributed by atoms with Crippen LogP contribution in [0.25, 0.3) is 0 Å². The van der Waals surface area contributed by atoms with Crippen molar-refractivity contribution in [1.82, 2.24) is 14.9 Å².